The fourth-order valence-corrected chi connectivity index (χ4v) is 2.57. The lowest BCUT2D eigenvalue weighted by Crippen LogP contribution is -2.45. The van der Waals surface area contributed by atoms with Crippen molar-refractivity contribution in [1.82, 2.24) is 10.2 Å². The standard InChI is InChI=1S/C13H19N3O4.ClH/c17-8-3-11(15-6-4-14-5-7-15)10-1-2-13(18)12(9-10)16(19)20;/h1-2,9,11,14,17-18H,3-8H2;1H/t11-;/m0./s1. The summed E-state index contributed by atoms with van der Waals surface area (Å²) >= 11 is 0. The van der Waals surface area contributed by atoms with Crippen LogP contribution in [0.25, 0.3) is 0 Å². The number of nitro groups is 1. The predicted octanol–water partition coefficient (Wildman–Crippen LogP) is 1.05. The number of rotatable bonds is 5. The van der Waals surface area contributed by atoms with Gasteiger partial charge < -0.3 is 15.5 Å². The molecule has 118 valence electrons. The van der Waals surface area contributed by atoms with E-state index in [-0.39, 0.29) is 36.5 Å². The highest BCUT2D eigenvalue weighted by Gasteiger charge is 2.24. The van der Waals surface area contributed by atoms with Gasteiger partial charge in [-0.3, -0.25) is 15.0 Å². The first-order valence-electron chi connectivity index (χ1n) is 6.66. The first kappa shape index (κ1) is 17.6. The Morgan fingerprint density at radius 3 is 2.62 bits per heavy atom. The molecule has 0 aliphatic carbocycles. The Kier molecular flexibility index (Phi) is 6.83. The molecule has 0 saturated carbocycles. The molecule has 2 rings (SSSR count). The molecule has 1 atom stereocenters. The Labute approximate surface area is 129 Å². The number of hydrogen-bond donors (Lipinski definition) is 3. The number of nitro benzene ring substituents is 1. The van der Waals surface area contributed by atoms with E-state index in [0.717, 1.165) is 31.7 Å². The zero-order chi connectivity index (χ0) is 14.5. The maximum atomic E-state index is 10.9. The number of nitrogens with one attached hydrogen (secondary N) is 1. The molecule has 1 aromatic rings. The normalized spacial score (nSPS) is 17.0. The van der Waals surface area contributed by atoms with Gasteiger partial charge in [0.05, 0.1) is 4.92 Å². The highest BCUT2D eigenvalue weighted by molar-refractivity contribution is 5.85. The molecular formula is C13H20ClN3O4. The van der Waals surface area contributed by atoms with E-state index in [4.69, 9.17) is 0 Å². The van der Waals surface area contributed by atoms with Gasteiger partial charge in [0.25, 0.3) is 0 Å². The van der Waals surface area contributed by atoms with Crippen molar-refractivity contribution in [3.63, 3.8) is 0 Å². The predicted molar refractivity (Wildman–Crippen MR) is 80.9 cm³/mol. The Hall–Kier alpha value is -1.41. The molecule has 0 amide bonds. The number of benzene rings is 1. The lowest BCUT2D eigenvalue weighted by molar-refractivity contribution is -0.386. The van der Waals surface area contributed by atoms with E-state index in [0.29, 0.717) is 6.42 Å². The van der Waals surface area contributed by atoms with Crippen LogP contribution < -0.4 is 5.32 Å². The van der Waals surface area contributed by atoms with Gasteiger partial charge in [-0.25, -0.2) is 0 Å². The molecule has 1 heterocycles. The van der Waals surface area contributed by atoms with Gasteiger partial charge in [0, 0.05) is 44.9 Å². The van der Waals surface area contributed by atoms with Gasteiger partial charge in [-0.1, -0.05) is 6.07 Å². The molecule has 1 fully saturated rings. The summed E-state index contributed by atoms with van der Waals surface area (Å²) in [5.74, 6) is -0.332. The first-order chi connectivity index (χ1) is 9.63. The number of aliphatic hydroxyl groups is 1. The molecular weight excluding hydrogens is 298 g/mol. The molecule has 0 radical (unpaired) electrons. The highest BCUT2D eigenvalue weighted by atomic mass is 35.5. The zero-order valence-corrected chi connectivity index (χ0v) is 12.4. The molecule has 21 heavy (non-hydrogen) atoms. The molecule has 1 aliphatic rings. The third-order valence-electron chi connectivity index (χ3n) is 3.58. The van der Waals surface area contributed by atoms with Crippen LogP contribution in [0.1, 0.15) is 18.0 Å². The first-order valence-corrected chi connectivity index (χ1v) is 6.66. The minimum Gasteiger partial charge on any atom is -0.502 e. The summed E-state index contributed by atoms with van der Waals surface area (Å²) in [7, 11) is 0. The molecule has 1 aromatic carbocycles. The van der Waals surface area contributed by atoms with Gasteiger partial charge in [-0.2, -0.15) is 0 Å². The lowest BCUT2D eigenvalue weighted by Gasteiger charge is -2.35. The monoisotopic (exact) mass is 317 g/mol. The fourth-order valence-electron chi connectivity index (χ4n) is 2.57. The molecule has 0 unspecified atom stereocenters. The highest BCUT2D eigenvalue weighted by Crippen LogP contribution is 2.32. The zero-order valence-electron chi connectivity index (χ0n) is 11.6. The van der Waals surface area contributed by atoms with E-state index in [1.165, 1.54) is 12.1 Å². The molecule has 3 N–H and O–H groups in total. The van der Waals surface area contributed by atoms with E-state index >= 15 is 0 Å². The van der Waals surface area contributed by atoms with Gasteiger partial charge in [0.15, 0.2) is 5.75 Å². The Bertz CT molecular complexity index is 480. The molecule has 0 bridgehead atoms. The number of piperazine rings is 1. The molecule has 1 saturated heterocycles. The van der Waals surface area contributed by atoms with Crippen molar-refractivity contribution in [3.8, 4) is 5.75 Å². The topological polar surface area (TPSA) is 98.9 Å². The Morgan fingerprint density at radius 2 is 2.05 bits per heavy atom. The number of aromatic hydroxyl groups is 1. The minimum absolute atomic E-state index is 0. The van der Waals surface area contributed by atoms with Gasteiger partial charge in [0.2, 0.25) is 0 Å². The number of nitrogens with zero attached hydrogens (tertiary/aromatic N) is 2. The summed E-state index contributed by atoms with van der Waals surface area (Å²) in [5.41, 5.74) is 0.464. The number of aliphatic hydroxyl groups excluding tert-OH is 1. The fraction of sp³-hybridized carbons (Fsp3) is 0.538. The average molecular weight is 318 g/mol. The number of phenols is 1. The third kappa shape index (κ3) is 4.28. The van der Waals surface area contributed by atoms with Crippen LogP contribution in [0.15, 0.2) is 18.2 Å². The van der Waals surface area contributed by atoms with Crippen molar-refractivity contribution in [2.24, 2.45) is 0 Å². The summed E-state index contributed by atoms with van der Waals surface area (Å²) in [6.45, 7) is 3.41. The smallest absolute Gasteiger partial charge is 0.311 e. The summed E-state index contributed by atoms with van der Waals surface area (Å²) < 4.78 is 0. The van der Waals surface area contributed by atoms with E-state index in [1.807, 2.05) is 0 Å². The third-order valence-corrected chi connectivity index (χ3v) is 3.58. The van der Waals surface area contributed by atoms with Crippen LogP contribution in [0.2, 0.25) is 0 Å². The molecule has 0 aromatic heterocycles. The largest absolute Gasteiger partial charge is 0.502 e. The van der Waals surface area contributed by atoms with Gasteiger partial charge in [0.1, 0.15) is 0 Å². The molecule has 8 heteroatoms. The SMILES string of the molecule is Cl.O=[N+]([O-])c1cc([C@H](CCO)N2CCNCC2)ccc1O. The van der Waals surface area contributed by atoms with E-state index < -0.39 is 4.92 Å². The van der Waals surface area contributed by atoms with Crippen molar-refractivity contribution >= 4 is 18.1 Å². The quantitative estimate of drug-likeness (QED) is 0.554. The second-order valence-corrected chi connectivity index (χ2v) is 4.82. The van der Waals surface area contributed by atoms with Gasteiger partial charge >= 0.3 is 5.69 Å². The van der Waals surface area contributed by atoms with E-state index in [9.17, 15) is 20.3 Å². The van der Waals surface area contributed by atoms with Crippen LogP contribution in [0.3, 0.4) is 0 Å². The van der Waals surface area contributed by atoms with E-state index in [1.54, 1.807) is 6.07 Å². The van der Waals surface area contributed by atoms with Crippen molar-refractivity contribution in [1.29, 1.82) is 0 Å². The summed E-state index contributed by atoms with van der Waals surface area (Å²) in [4.78, 5) is 12.5. The maximum absolute atomic E-state index is 10.9. The van der Waals surface area contributed by atoms with Gasteiger partial charge in [-0.15, -0.1) is 12.4 Å². The summed E-state index contributed by atoms with van der Waals surface area (Å²) in [6.07, 6.45) is 0.516. The second-order valence-electron chi connectivity index (χ2n) is 4.82. The van der Waals surface area contributed by atoms with Crippen LogP contribution in [0.5, 0.6) is 5.75 Å². The Balaban J connectivity index is 0.00000220. The maximum Gasteiger partial charge on any atom is 0.311 e. The van der Waals surface area contributed by atoms with Crippen molar-refractivity contribution in [2.45, 2.75) is 12.5 Å². The number of phenolic OH excluding ortho intramolecular Hbond substituents is 1. The van der Waals surface area contributed by atoms with Crippen LogP contribution in [0, 0.1) is 10.1 Å². The van der Waals surface area contributed by atoms with Crippen molar-refractivity contribution < 1.29 is 15.1 Å². The molecule has 1 aliphatic heterocycles. The number of hydrogen-bond acceptors (Lipinski definition) is 6. The molecule has 7 nitrogen and oxygen atoms in total. The Morgan fingerprint density at radius 1 is 1.38 bits per heavy atom. The van der Waals surface area contributed by atoms with Crippen LogP contribution in [-0.4, -0.2) is 52.8 Å². The minimum atomic E-state index is -0.591. The number of halogens is 1. The van der Waals surface area contributed by atoms with E-state index in [2.05, 4.69) is 10.2 Å². The van der Waals surface area contributed by atoms with Crippen LogP contribution in [0.4, 0.5) is 5.69 Å². The van der Waals surface area contributed by atoms with Crippen LogP contribution >= 0.6 is 12.4 Å². The summed E-state index contributed by atoms with van der Waals surface area (Å²) in [5, 5.41) is 32.9. The van der Waals surface area contributed by atoms with Crippen molar-refractivity contribution in [3.05, 3.63) is 33.9 Å². The summed E-state index contributed by atoms with van der Waals surface area (Å²) in [6, 6.07) is 4.36. The van der Waals surface area contributed by atoms with Crippen LogP contribution in [-0.2, 0) is 0 Å². The second kappa shape index (κ2) is 8.14. The molecule has 0 spiro atoms. The lowest BCUT2D eigenvalue weighted by atomic mass is 10.0. The average Bonchev–Trinajstić information content (AvgIpc) is 2.46. The van der Waals surface area contributed by atoms with Gasteiger partial charge in [-0.05, 0) is 18.1 Å². The van der Waals surface area contributed by atoms with Crippen molar-refractivity contribution in [2.75, 3.05) is 32.8 Å².